The van der Waals surface area contributed by atoms with Gasteiger partial charge in [0.25, 0.3) is 0 Å². The van der Waals surface area contributed by atoms with Gasteiger partial charge in [-0.2, -0.15) is 5.53 Å². The van der Waals surface area contributed by atoms with Crippen molar-refractivity contribution in [3.63, 3.8) is 0 Å². The molecule has 7 heteroatoms. The maximum Gasteiger partial charge on any atom is 0.126 e. The highest BCUT2D eigenvalue weighted by Crippen LogP contribution is 2.32. The average molecular weight is 541 g/mol. The van der Waals surface area contributed by atoms with Crippen molar-refractivity contribution in [2.24, 2.45) is 16.8 Å². The molecule has 0 spiro atoms. The highest BCUT2D eigenvalue weighted by Gasteiger charge is 2.16. The van der Waals surface area contributed by atoms with Crippen LogP contribution in [0.3, 0.4) is 0 Å². The van der Waals surface area contributed by atoms with Gasteiger partial charge in [0.05, 0.1) is 5.71 Å². The van der Waals surface area contributed by atoms with Gasteiger partial charge < -0.3 is 4.79 Å². The number of carbonyl (C=O) groups excluding carboxylic acids is 1. The van der Waals surface area contributed by atoms with Crippen molar-refractivity contribution in [3.8, 4) is 0 Å². The molecule has 1 aliphatic heterocycles. The molecule has 1 atom stereocenters. The molecule has 0 fully saturated rings. The maximum absolute atomic E-state index is 13.3. The summed E-state index contributed by atoms with van der Waals surface area (Å²) in [5.74, 6) is 4.80. The van der Waals surface area contributed by atoms with E-state index < -0.39 is 0 Å². The molecule has 2 aromatic carbocycles. The molecule has 0 aromatic heterocycles. The van der Waals surface area contributed by atoms with Crippen molar-refractivity contribution in [1.82, 2.24) is 10.5 Å². The Balaban J connectivity index is 0.000000510. The number of nitrogens with one attached hydrogen (secondary N) is 1. The number of hydrogen-bond acceptors (Lipinski definition) is 6. The third kappa shape index (κ3) is 12.3. The Bertz CT molecular complexity index is 1020. The summed E-state index contributed by atoms with van der Waals surface area (Å²) in [5.41, 5.74) is 6.27. The minimum atomic E-state index is -0.262. The van der Waals surface area contributed by atoms with Gasteiger partial charge in [-0.1, -0.05) is 82.1 Å². The van der Waals surface area contributed by atoms with Gasteiger partial charge in [-0.25, -0.2) is 9.40 Å². The van der Waals surface area contributed by atoms with Crippen LogP contribution < -0.4 is 11.4 Å². The van der Waals surface area contributed by atoms with Gasteiger partial charge in [0, 0.05) is 41.2 Å². The highest BCUT2D eigenvalue weighted by atomic mass is 32.2. The Morgan fingerprint density at radius 1 is 1.11 bits per heavy atom. The van der Waals surface area contributed by atoms with Crippen molar-refractivity contribution >= 4 is 23.8 Å². The number of hydrogen-bond donors (Lipinski definition) is 2. The largest absolute Gasteiger partial charge is 0.303 e. The van der Waals surface area contributed by atoms with E-state index in [0.717, 1.165) is 46.7 Å². The second-order valence-corrected chi connectivity index (χ2v) is 9.58. The first-order valence-corrected chi connectivity index (χ1v) is 14.5. The minimum absolute atomic E-state index is 0.0963. The van der Waals surface area contributed by atoms with E-state index in [1.807, 2.05) is 68.6 Å². The van der Waals surface area contributed by atoms with Crippen LogP contribution in [-0.4, -0.2) is 30.6 Å². The molecule has 38 heavy (non-hydrogen) atoms. The van der Waals surface area contributed by atoms with Crippen LogP contribution in [0, 0.1) is 11.7 Å². The van der Waals surface area contributed by atoms with Gasteiger partial charge in [0.1, 0.15) is 12.1 Å². The Hall–Kier alpha value is -2.58. The number of allylic oxidation sites excluding steroid dienone is 3. The summed E-state index contributed by atoms with van der Waals surface area (Å²) in [6.07, 6.45) is 11.4. The van der Waals surface area contributed by atoms with Gasteiger partial charge in [-0.05, 0) is 61.9 Å². The van der Waals surface area contributed by atoms with Crippen LogP contribution in [0.5, 0.6) is 0 Å². The molecular weight excluding hydrogens is 495 g/mol. The summed E-state index contributed by atoms with van der Waals surface area (Å²) in [7, 11) is 1.95. The van der Waals surface area contributed by atoms with E-state index in [1.165, 1.54) is 37.8 Å². The monoisotopic (exact) mass is 540 g/mol. The molecule has 0 saturated heterocycles. The second kappa shape index (κ2) is 20.4. The smallest absolute Gasteiger partial charge is 0.126 e. The number of fused-ring (bicyclic) bond motifs is 1. The highest BCUT2D eigenvalue weighted by molar-refractivity contribution is 8.02. The fourth-order valence-corrected chi connectivity index (χ4v) is 4.56. The van der Waals surface area contributed by atoms with Crippen LogP contribution >= 0.6 is 11.8 Å². The lowest BCUT2D eigenvalue weighted by Gasteiger charge is -2.13. The van der Waals surface area contributed by atoms with Gasteiger partial charge in [-0.15, -0.1) is 0 Å². The molecular formula is C31H45FN4OS. The van der Waals surface area contributed by atoms with Crippen molar-refractivity contribution in [2.75, 3.05) is 13.6 Å². The van der Waals surface area contributed by atoms with E-state index in [-0.39, 0.29) is 11.7 Å². The van der Waals surface area contributed by atoms with E-state index in [1.54, 1.807) is 23.9 Å². The van der Waals surface area contributed by atoms with Crippen LogP contribution in [0.25, 0.3) is 0 Å². The second-order valence-electron chi connectivity index (χ2n) is 8.67. The summed E-state index contributed by atoms with van der Waals surface area (Å²) in [6.45, 7) is 9.17. The number of nitrogens with two attached hydrogens (primary N) is 1. The number of aliphatic imine (C=N–C) groups is 1. The molecule has 1 aliphatic rings. The fourth-order valence-electron chi connectivity index (χ4n) is 3.68. The van der Waals surface area contributed by atoms with E-state index >= 15 is 0 Å². The molecule has 0 bridgehead atoms. The molecule has 0 radical (unpaired) electrons. The van der Waals surface area contributed by atoms with Crippen molar-refractivity contribution in [2.45, 2.75) is 71.1 Å². The molecule has 1 heterocycles. The molecule has 0 aliphatic carbocycles. The van der Waals surface area contributed by atoms with Crippen LogP contribution in [0.2, 0.25) is 0 Å². The van der Waals surface area contributed by atoms with Gasteiger partial charge in [0.15, 0.2) is 0 Å². The summed E-state index contributed by atoms with van der Waals surface area (Å²) in [5, 5.41) is 3.95. The minimum Gasteiger partial charge on any atom is -0.303 e. The maximum atomic E-state index is 13.3. The van der Waals surface area contributed by atoms with Gasteiger partial charge in [-0.3, -0.25) is 10.8 Å². The number of thioether (sulfide) groups is 1. The van der Waals surface area contributed by atoms with E-state index in [9.17, 15) is 9.18 Å². The molecule has 5 nitrogen and oxygen atoms in total. The number of hydrazine groups is 2. The summed E-state index contributed by atoms with van der Waals surface area (Å²) >= 11 is 1.63. The summed E-state index contributed by atoms with van der Waals surface area (Å²) < 4.78 is 13.3. The number of unbranched alkanes of at least 4 members (excludes halogenated alkanes) is 3. The first-order chi connectivity index (χ1) is 18.5. The zero-order valence-electron chi connectivity index (χ0n) is 23.6. The van der Waals surface area contributed by atoms with E-state index in [4.69, 9.17) is 10.8 Å². The first kappa shape index (κ1) is 33.4. The normalized spacial score (nSPS) is 13.3. The third-order valence-corrected chi connectivity index (χ3v) is 6.75. The average Bonchev–Trinajstić information content (AvgIpc) is 3.15. The topological polar surface area (TPSA) is 70.7 Å². The third-order valence-electron chi connectivity index (χ3n) is 5.75. The van der Waals surface area contributed by atoms with E-state index in [2.05, 4.69) is 18.5 Å². The number of benzene rings is 2. The number of halogens is 1. The number of rotatable bonds is 12. The molecule has 0 saturated carbocycles. The SMILES string of the molecule is C/C=C\C(C=O)CCC1=CSc2ccccc2C(c2ccc(F)cc2)=N1.CC.CCCCCCN(C)NN. The Morgan fingerprint density at radius 3 is 2.45 bits per heavy atom. The Labute approximate surface area is 233 Å². The molecule has 2 aromatic rings. The lowest BCUT2D eigenvalue weighted by molar-refractivity contribution is -0.110. The summed E-state index contributed by atoms with van der Waals surface area (Å²) in [6, 6.07) is 14.5. The van der Waals surface area contributed by atoms with Crippen LogP contribution in [0.1, 0.15) is 77.3 Å². The quantitative estimate of drug-likeness (QED) is 0.0950. The van der Waals surface area contributed by atoms with E-state index in [0.29, 0.717) is 6.42 Å². The zero-order valence-corrected chi connectivity index (χ0v) is 24.4. The lowest BCUT2D eigenvalue weighted by Crippen LogP contribution is -2.40. The first-order valence-electron chi connectivity index (χ1n) is 13.6. The van der Waals surface area contributed by atoms with Gasteiger partial charge >= 0.3 is 0 Å². The van der Waals surface area contributed by atoms with Crippen LogP contribution in [0.4, 0.5) is 4.39 Å². The van der Waals surface area contributed by atoms with Crippen LogP contribution in [0.15, 0.2) is 81.7 Å². The summed E-state index contributed by atoms with van der Waals surface area (Å²) in [4.78, 5) is 17.2. The standard InChI is InChI=1S/C22H20FNOS.C7H19N3.C2H6/c1-2-5-16(14-25)8-13-19-15-26-21-7-4-3-6-20(21)22(24-19)17-9-11-18(23)12-10-17;1-3-4-5-6-7-10(2)9-8;1-2/h2-7,9-12,14-16H,8,13H2,1H3;9H,3-8H2,1-2H3;1-2H3/b5-2-;;. The number of aldehydes is 1. The zero-order chi connectivity index (χ0) is 28.2. The predicted molar refractivity (Wildman–Crippen MR) is 161 cm³/mol. The van der Waals surface area contributed by atoms with Crippen LogP contribution in [-0.2, 0) is 4.79 Å². The van der Waals surface area contributed by atoms with Crippen molar-refractivity contribution in [1.29, 1.82) is 0 Å². The Kier molecular flexibility index (Phi) is 17.9. The van der Waals surface area contributed by atoms with Crippen molar-refractivity contribution in [3.05, 3.63) is 88.7 Å². The number of carbonyl (C=O) groups is 1. The van der Waals surface area contributed by atoms with Gasteiger partial charge in [0.2, 0.25) is 0 Å². The fraction of sp³-hybridized carbons (Fsp3) is 0.419. The molecule has 3 N–H and O–H groups in total. The molecule has 1 unspecified atom stereocenters. The molecule has 208 valence electrons. The number of nitrogens with zero attached hydrogens (tertiary/aromatic N) is 2. The predicted octanol–water partition coefficient (Wildman–Crippen LogP) is 7.68. The van der Waals surface area contributed by atoms with Crippen molar-refractivity contribution < 1.29 is 9.18 Å². The Morgan fingerprint density at radius 2 is 1.82 bits per heavy atom. The lowest BCUT2D eigenvalue weighted by atomic mass is 10.0. The molecule has 3 rings (SSSR count). The molecule has 0 amide bonds.